The molecule has 1 N–H and O–H groups in total. The molecule has 1 saturated heterocycles. The van der Waals surface area contributed by atoms with E-state index < -0.39 is 16.7 Å². The molecule has 10 heteroatoms. The highest BCUT2D eigenvalue weighted by atomic mass is 32.2. The number of nitro groups is 1. The number of thiocarbonyl (C=S) groups is 1. The predicted octanol–water partition coefficient (Wildman–Crippen LogP) is 3.20. The summed E-state index contributed by atoms with van der Waals surface area (Å²) in [6, 6.07) is 8.80. The van der Waals surface area contributed by atoms with Crippen LogP contribution in [0.3, 0.4) is 0 Å². The average Bonchev–Trinajstić information content (AvgIpc) is 3.19. The molecule has 2 aromatic rings. The van der Waals surface area contributed by atoms with Crippen molar-refractivity contribution in [1.29, 1.82) is 0 Å². The number of nitro benzene ring substituents is 1. The van der Waals surface area contributed by atoms with E-state index in [1.54, 1.807) is 6.08 Å². The molecule has 1 aromatic heterocycles. The van der Waals surface area contributed by atoms with Gasteiger partial charge in [0.1, 0.15) is 0 Å². The van der Waals surface area contributed by atoms with Crippen LogP contribution in [0.25, 0.3) is 6.08 Å². The summed E-state index contributed by atoms with van der Waals surface area (Å²) in [6.45, 7) is 0. The van der Waals surface area contributed by atoms with E-state index in [4.69, 9.17) is 12.2 Å². The van der Waals surface area contributed by atoms with Crippen molar-refractivity contribution in [3.05, 3.63) is 67.2 Å². The summed E-state index contributed by atoms with van der Waals surface area (Å²) in [5.74, 6) is -0.998. The molecule has 0 saturated carbocycles. The zero-order valence-corrected chi connectivity index (χ0v) is 14.8. The van der Waals surface area contributed by atoms with Gasteiger partial charge < -0.3 is 0 Å². The van der Waals surface area contributed by atoms with Gasteiger partial charge in [-0.15, -0.1) is 11.3 Å². The lowest BCUT2D eigenvalue weighted by molar-refractivity contribution is -0.384. The van der Waals surface area contributed by atoms with E-state index in [1.165, 1.54) is 35.6 Å². The molecule has 3 rings (SSSR count). The molecule has 0 unspecified atom stereocenters. The molecule has 0 bridgehead atoms. The summed E-state index contributed by atoms with van der Waals surface area (Å²) >= 11 is 7.72. The maximum atomic E-state index is 12.4. The molecular weight excluding hydrogens is 382 g/mol. The lowest BCUT2D eigenvalue weighted by Crippen LogP contribution is -2.44. The SMILES string of the molecule is O=C(NN1C(=O)C(=Cc2cccs2)SC1=S)c1ccc([N+](=O)[O-])cc1. The predicted molar refractivity (Wildman–Crippen MR) is 99.9 cm³/mol. The van der Waals surface area contributed by atoms with Crippen LogP contribution in [0, 0.1) is 10.1 Å². The van der Waals surface area contributed by atoms with Gasteiger partial charge in [0.25, 0.3) is 17.5 Å². The Morgan fingerprint density at radius 2 is 2.00 bits per heavy atom. The van der Waals surface area contributed by atoms with Crippen LogP contribution < -0.4 is 5.43 Å². The Kier molecular flexibility index (Phi) is 4.93. The molecule has 0 spiro atoms. The van der Waals surface area contributed by atoms with Crippen molar-refractivity contribution in [2.45, 2.75) is 0 Å². The first-order valence-corrected chi connectivity index (χ1v) is 8.93. The molecule has 1 aliphatic rings. The Morgan fingerprint density at radius 1 is 1.28 bits per heavy atom. The summed E-state index contributed by atoms with van der Waals surface area (Å²) in [4.78, 5) is 36.0. The van der Waals surface area contributed by atoms with Crippen LogP contribution in [0.2, 0.25) is 0 Å². The number of thioether (sulfide) groups is 1. The van der Waals surface area contributed by atoms with Crippen LogP contribution in [0.4, 0.5) is 5.69 Å². The van der Waals surface area contributed by atoms with Gasteiger partial charge in [0, 0.05) is 22.6 Å². The summed E-state index contributed by atoms with van der Waals surface area (Å²) in [5.41, 5.74) is 2.49. The largest absolute Gasteiger partial charge is 0.285 e. The third-order valence-corrected chi connectivity index (χ3v) is 5.29. The summed E-state index contributed by atoms with van der Waals surface area (Å²) < 4.78 is 0.211. The van der Waals surface area contributed by atoms with Gasteiger partial charge in [-0.05, 0) is 41.9 Å². The Labute approximate surface area is 155 Å². The number of hydrazine groups is 1. The second kappa shape index (κ2) is 7.13. The molecule has 1 aliphatic heterocycles. The smallest absolute Gasteiger partial charge is 0.267 e. The maximum Gasteiger partial charge on any atom is 0.285 e. The van der Waals surface area contributed by atoms with E-state index in [0.29, 0.717) is 4.91 Å². The molecule has 126 valence electrons. The number of nitrogens with one attached hydrogen (secondary N) is 1. The van der Waals surface area contributed by atoms with Gasteiger partial charge in [-0.2, -0.15) is 5.01 Å². The Bertz CT molecular complexity index is 891. The van der Waals surface area contributed by atoms with E-state index in [0.717, 1.165) is 21.6 Å². The minimum absolute atomic E-state index is 0.124. The van der Waals surface area contributed by atoms with Crippen molar-refractivity contribution in [3.63, 3.8) is 0 Å². The number of carbonyl (C=O) groups is 2. The van der Waals surface area contributed by atoms with E-state index in [2.05, 4.69) is 5.43 Å². The monoisotopic (exact) mass is 391 g/mol. The standard InChI is InChI=1S/C15H9N3O4S3/c19-13(9-3-5-10(6-4-9)18(21)22)16-17-14(20)12(25-15(17)23)8-11-2-1-7-24-11/h1-8H,(H,16,19). The highest BCUT2D eigenvalue weighted by molar-refractivity contribution is 8.26. The minimum atomic E-state index is -0.580. The number of nitrogens with zero attached hydrogens (tertiary/aromatic N) is 2. The third-order valence-electron chi connectivity index (χ3n) is 3.16. The molecule has 0 radical (unpaired) electrons. The van der Waals surface area contributed by atoms with Crippen molar-refractivity contribution in [3.8, 4) is 0 Å². The normalized spacial score (nSPS) is 15.7. The number of carbonyl (C=O) groups excluding carboxylic acids is 2. The van der Waals surface area contributed by atoms with Gasteiger partial charge in [0.05, 0.1) is 9.83 Å². The van der Waals surface area contributed by atoms with Crippen molar-refractivity contribution in [2.24, 2.45) is 0 Å². The number of non-ortho nitro benzene ring substituents is 1. The Morgan fingerprint density at radius 3 is 2.60 bits per heavy atom. The summed E-state index contributed by atoms with van der Waals surface area (Å²) in [5, 5.41) is 13.5. The maximum absolute atomic E-state index is 12.4. The fourth-order valence-electron chi connectivity index (χ4n) is 1.97. The fraction of sp³-hybridized carbons (Fsp3) is 0. The highest BCUT2D eigenvalue weighted by Gasteiger charge is 2.33. The zero-order valence-electron chi connectivity index (χ0n) is 12.4. The molecule has 25 heavy (non-hydrogen) atoms. The van der Waals surface area contributed by atoms with Gasteiger partial charge in [0.2, 0.25) is 0 Å². The van der Waals surface area contributed by atoms with E-state index in [9.17, 15) is 19.7 Å². The second-order valence-corrected chi connectivity index (χ2v) is 7.43. The first-order valence-electron chi connectivity index (χ1n) is 6.82. The van der Waals surface area contributed by atoms with Crippen LogP contribution in [0.5, 0.6) is 0 Å². The molecule has 0 aliphatic carbocycles. The van der Waals surface area contributed by atoms with E-state index in [1.807, 2.05) is 17.5 Å². The Balaban J connectivity index is 1.73. The first kappa shape index (κ1) is 17.3. The zero-order chi connectivity index (χ0) is 18.0. The van der Waals surface area contributed by atoms with Crippen LogP contribution in [0.1, 0.15) is 15.2 Å². The van der Waals surface area contributed by atoms with Gasteiger partial charge in [0.15, 0.2) is 4.32 Å². The number of thiophene rings is 1. The van der Waals surface area contributed by atoms with Crippen LogP contribution >= 0.6 is 35.3 Å². The fourth-order valence-corrected chi connectivity index (χ4v) is 3.87. The van der Waals surface area contributed by atoms with Crippen LogP contribution in [-0.4, -0.2) is 26.1 Å². The average molecular weight is 391 g/mol. The summed E-state index contributed by atoms with van der Waals surface area (Å²) in [6.07, 6.45) is 1.71. The van der Waals surface area contributed by atoms with E-state index in [-0.39, 0.29) is 15.6 Å². The van der Waals surface area contributed by atoms with Crippen molar-refractivity contribution >= 4 is 63.2 Å². The topological polar surface area (TPSA) is 92.6 Å². The van der Waals surface area contributed by atoms with Gasteiger partial charge >= 0.3 is 0 Å². The lowest BCUT2D eigenvalue weighted by Gasteiger charge is -2.15. The number of amides is 2. The van der Waals surface area contributed by atoms with Crippen LogP contribution in [-0.2, 0) is 4.79 Å². The molecular formula is C15H9N3O4S3. The molecule has 1 aromatic carbocycles. The van der Waals surface area contributed by atoms with Gasteiger partial charge in [-0.3, -0.25) is 25.1 Å². The van der Waals surface area contributed by atoms with Gasteiger partial charge in [-0.25, -0.2) is 0 Å². The molecule has 0 atom stereocenters. The quantitative estimate of drug-likeness (QED) is 0.372. The number of rotatable bonds is 4. The van der Waals surface area contributed by atoms with Crippen molar-refractivity contribution in [1.82, 2.24) is 10.4 Å². The number of hydrogen-bond donors (Lipinski definition) is 1. The second-order valence-electron chi connectivity index (χ2n) is 4.78. The minimum Gasteiger partial charge on any atom is -0.267 e. The highest BCUT2D eigenvalue weighted by Crippen LogP contribution is 2.32. The lowest BCUT2D eigenvalue weighted by atomic mass is 10.2. The van der Waals surface area contributed by atoms with Crippen LogP contribution in [0.15, 0.2) is 46.7 Å². The molecule has 7 nitrogen and oxygen atoms in total. The number of hydrogen-bond acceptors (Lipinski definition) is 7. The first-order chi connectivity index (χ1) is 12.0. The molecule has 1 fully saturated rings. The van der Waals surface area contributed by atoms with Crippen molar-refractivity contribution in [2.75, 3.05) is 0 Å². The van der Waals surface area contributed by atoms with E-state index >= 15 is 0 Å². The molecule has 2 heterocycles. The number of benzene rings is 1. The molecule has 2 amide bonds. The summed E-state index contributed by atoms with van der Waals surface area (Å²) in [7, 11) is 0. The van der Waals surface area contributed by atoms with Gasteiger partial charge in [-0.1, -0.05) is 17.8 Å². The Hall–Kier alpha value is -2.56. The third kappa shape index (κ3) is 3.76. The van der Waals surface area contributed by atoms with Crippen molar-refractivity contribution < 1.29 is 14.5 Å².